The second-order valence-electron chi connectivity index (χ2n) is 4.72. The molecule has 22 heavy (non-hydrogen) atoms. The maximum atomic E-state index is 12.5. The molecular weight excluding hydrogens is 284 g/mol. The third-order valence-electron chi connectivity index (χ3n) is 3.34. The minimum absolute atomic E-state index is 0.0165. The summed E-state index contributed by atoms with van der Waals surface area (Å²) in [6.45, 7) is 0. The van der Waals surface area contributed by atoms with Gasteiger partial charge >= 0.3 is 5.97 Å². The molecule has 2 atom stereocenters. The van der Waals surface area contributed by atoms with Crippen LogP contribution in [0.5, 0.6) is 0 Å². The van der Waals surface area contributed by atoms with Crippen LogP contribution < -0.4 is 0 Å². The smallest absolute Gasteiger partial charge is 0.318 e. The number of ketones is 1. The Balaban J connectivity index is 2.50. The highest BCUT2D eigenvalue weighted by Gasteiger charge is 2.46. The number of hydrogen-bond acceptors (Lipinski definition) is 4. The number of carboxylic acid groups (broad SMARTS) is 1. The molecule has 2 unspecified atom stereocenters. The SMILES string of the molecule is O=[C]C(O)(C(=O)C(C(=O)O)c1ccccc1)c1ccccc1. The molecule has 0 aliphatic carbocycles. The summed E-state index contributed by atoms with van der Waals surface area (Å²) >= 11 is 0. The number of hydrogen-bond donors (Lipinski definition) is 2. The van der Waals surface area contributed by atoms with Gasteiger partial charge in [-0.15, -0.1) is 0 Å². The van der Waals surface area contributed by atoms with E-state index in [1.807, 2.05) is 0 Å². The lowest BCUT2D eigenvalue weighted by Crippen LogP contribution is -2.43. The summed E-state index contributed by atoms with van der Waals surface area (Å²) in [6, 6.07) is 15.2. The fraction of sp³-hybridized carbons (Fsp3) is 0.118. The Labute approximate surface area is 126 Å². The van der Waals surface area contributed by atoms with Gasteiger partial charge in [0.2, 0.25) is 11.9 Å². The average molecular weight is 297 g/mol. The Morgan fingerprint density at radius 1 is 0.955 bits per heavy atom. The lowest BCUT2D eigenvalue weighted by Gasteiger charge is -2.23. The van der Waals surface area contributed by atoms with Gasteiger partial charge in [0.15, 0.2) is 5.78 Å². The molecule has 111 valence electrons. The zero-order chi connectivity index (χ0) is 16.2. The van der Waals surface area contributed by atoms with Gasteiger partial charge in [-0.2, -0.15) is 0 Å². The molecule has 2 N–H and O–H groups in total. The summed E-state index contributed by atoms with van der Waals surface area (Å²) in [5.41, 5.74) is -2.46. The monoisotopic (exact) mass is 297 g/mol. The zero-order valence-electron chi connectivity index (χ0n) is 11.5. The van der Waals surface area contributed by atoms with Crippen molar-refractivity contribution in [1.29, 1.82) is 0 Å². The van der Waals surface area contributed by atoms with Crippen molar-refractivity contribution in [3.05, 3.63) is 71.8 Å². The average Bonchev–Trinajstić information content (AvgIpc) is 2.55. The molecule has 0 aliphatic heterocycles. The molecular formula is C17H13O5. The van der Waals surface area contributed by atoms with E-state index in [0.717, 1.165) is 0 Å². The van der Waals surface area contributed by atoms with Gasteiger partial charge in [-0.3, -0.25) is 14.4 Å². The molecule has 2 rings (SSSR count). The highest BCUT2D eigenvalue weighted by Crippen LogP contribution is 2.29. The number of aliphatic hydroxyl groups is 1. The highest BCUT2D eigenvalue weighted by molar-refractivity contribution is 6.14. The van der Waals surface area contributed by atoms with Crippen molar-refractivity contribution in [2.24, 2.45) is 0 Å². The molecule has 0 amide bonds. The lowest BCUT2D eigenvalue weighted by molar-refractivity contribution is -0.147. The maximum absolute atomic E-state index is 12.5. The highest BCUT2D eigenvalue weighted by atomic mass is 16.4. The first-order valence-corrected chi connectivity index (χ1v) is 6.50. The van der Waals surface area contributed by atoms with Crippen LogP contribution in [0.2, 0.25) is 0 Å². The van der Waals surface area contributed by atoms with Crippen molar-refractivity contribution in [2.45, 2.75) is 11.5 Å². The van der Waals surface area contributed by atoms with E-state index in [1.54, 1.807) is 24.3 Å². The quantitative estimate of drug-likeness (QED) is 0.787. The van der Waals surface area contributed by atoms with Gasteiger partial charge in [-0.1, -0.05) is 60.7 Å². The van der Waals surface area contributed by atoms with E-state index in [9.17, 15) is 24.6 Å². The van der Waals surface area contributed by atoms with Gasteiger partial charge in [0.25, 0.3) is 0 Å². The Morgan fingerprint density at radius 2 is 1.45 bits per heavy atom. The molecule has 0 heterocycles. The second-order valence-corrected chi connectivity index (χ2v) is 4.72. The lowest BCUT2D eigenvalue weighted by atomic mass is 9.81. The number of carboxylic acids is 1. The fourth-order valence-corrected chi connectivity index (χ4v) is 2.19. The zero-order valence-corrected chi connectivity index (χ0v) is 11.5. The Kier molecular flexibility index (Phi) is 4.48. The normalized spacial score (nSPS) is 14.6. The van der Waals surface area contributed by atoms with Crippen molar-refractivity contribution in [2.75, 3.05) is 0 Å². The predicted molar refractivity (Wildman–Crippen MR) is 77.9 cm³/mol. The van der Waals surface area contributed by atoms with Crippen LogP contribution >= 0.6 is 0 Å². The van der Waals surface area contributed by atoms with Gasteiger partial charge in [0, 0.05) is 0 Å². The van der Waals surface area contributed by atoms with Crippen molar-refractivity contribution in [1.82, 2.24) is 0 Å². The van der Waals surface area contributed by atoms with Gasteiger partial charge in [0.1, 0.15) is 5.92 Å². The number of carbonyl (C=O) groups excluding carboxylic acids is 2. The molecule has 2 aromatic rings. The van der Waals surface area contributed by atoms with Crippen LogP contribution in [0.3, 0.4) is 0 Å². The summed E-state index contributed by atoms with van der Waals surface area (Å²) < 4.78 is 0. The molecule has 0 saturated carbocycles. The van der Waals surface area contributed by atoms with E-state index >= 15 is 0 Å². The number of Topliss-reactive ketones (excluding diaryl/α,β-unsaturated/α-hetero) is 1. The van der Waals surface area contributed by atoms with E-state index in [0.29, 0.717) is 0 Å². The number of carbonyl (C=O) groups is 2. The third kappa shape index (κ3) is 2.80. The largest absolute Gasteiger partial charge is 0.480 e. The van der Waals surface area contributed by atoms with Crippen LogP contribution in [0.4, 0.5) is 0 Å². The third-order valence-corrected chi connectivity index (χ3v) is 3.34. The van der Waals surface area contributed by atoms with E-state index in [4.69, 9.17) is 0 Å². The van der Waals surface area contributed by atoms with E-state index in [2.05, 4.69) is 0 Å². The van der Waals surface area contributed by atoms with Gasteiger partial charge in [-0.05, 0) is 11.1 Å². The van der Waals surface area contributed by atoms with Crippen LogP contribution in [0.25, 0.3) is 0 Å². The first-order valence-electron chi connectivity index (χ1n) is 6.50. The minimum Gasteiger partial charge on any atom is -0.480 e. The van der Waals surface area contributed by atoms with Crippen LogP contribution in [-0.2, 0) is 20.0 Å². The Hall–Kier alpha value is -2.79. The molecule has 2 aromatic carbocycles. The van der Waals surface area contributed by atoms with E-state index in [-0.39, 0.29) is 11.1 Å². The summed E-state index contributed by atoms with van der Waals surface area (Å²) in [5, 5.41) is 19.7. The van der Waals surface area contributed by atoms with Crippen LogP contribution in [0, 0.1) is 0 Å². The molecule has 5 heteroatoms. The molecule has 0 aromatic heterocycles. The Bertz CT molecular complexity index is 681. The van der Waals surface area contributed by atoms with Crippen LogP contribution in [-0.4, -0.2) is 28.3 Å². The first-order chi connectivity index (χ1) is 10.5. The van der Waals surface area contributed by atoms with Crippen molar-refractivity contribution >= 4 is 18.0 Å². The number of aliphatic carboxylic acids is 1. The first kappa shape index (κ1) is 15.6. The standard InChI is InChI=1S/C17H13O5/c18-11-17(22,13-9-5-2-6-10-13)15(19)14(16(20)21)12-7-3-1-4-8-12/h1-10,14,22H,(H,20,21). The molecule has 5 nitrogen and oxygen atoms in total. The van der Waals surface area contributed by atoms with Gasteiger partial charge < -0.3 is 10.2 Å². The molecule has 0 saturated heterocycles. The number of rotatable bonds is 6. The molecule has 0 bridgehead atoms. The van der Waals surface area contributed by atoms with Gasteiger partial charge in [0.05, 0.1) is 0 Å². The van der Waals surface area contributed by atoms with E-state index < -0.39 is 23.3 Å². The summed E-state index contributed by atoms with van der Waals surface area (Å²) in [5.74, 6) is -4.25. The summed E-state index contributed by atoms with van der Waals surface area (Å²) in [6.07, 6.45) is 1.29. The van der Waals surface area contributed by atoms with Gasteiger partial charge in [-0.25, -0.2) is 0 Å². The molecule has 0 spiro atoms. The maximum Gasteiger partial charge on any atom is 0.318 e. The van der Waals surface area contributed by atoms with Crippen molar-refractivity contribution < 1.29 is 24.6 Å². The van der Waals surface area contributed by atoms with Crippen molar-refractivity contribution in [3.63, 3.8) is 0 Å². The minimum atomic E-state index is -2.62. The second kappa shape index (κ2) is 6.32. The summed E-state index contributed by atoms with van der Waals surface area (Å²) in [7, 11) is 0. The predicted octanol–water partition coefficient (Wildman–Crippen LogP) is 1.42. The van der Waals surface area contributed by atoms with E-state index in [1.165, 1.54) is 42.7 Å². The Morgan fingerprint density at radius 3 is 1.91 bits per heavy atom. The molecule has 0 fully saturated rings. The topological polar surface area (TPSA) is 91.7 Å². The fourth-order valence-electron chi connectivity index (χ4n) is 2.19. The molecule has 0 aliphatic rings. The molecule has 1 radical (unpaired) electrons. The summed E-state index contributed by atoms with van der Waals surface area (Å²) in [4.78, 5) is 35.3. The van der Waals surface area contributed by atoms with Crippen LogP contribution in [0.1, 0.15) is 17.0 Å². The number of benzene rings is 2. The van der Waals surface area contributed by atoms with Crippen molar-refractivity contribution in [3.8, 4) is 0 Å². The van der Waals surface area contributed by atoms with Crippen LogP contribution in [0.15, 0.2) is 60.7 Å².